The van der Waals surface area contributed by atoms with Crippen LogP contribution in [0.1, 0.15) is 18.2 Å². The predicted octanol–water partition coefficient (Wildman–Crippen LogP) is 1.16. The summed E-state index contributed by atoms with van der Waals surface area (Å²) < 4.78 is 0. The van der Waals surface area contributed by atoms with Gasteiger partial charge in [0.05, 0.1) is 5.70 Å². The van der Waals surface area contributed by atoms with Crippen molar-refractivity contribution < 1.29 is 4.79 Å². The standard InChI is InChI=1S/C14H18N4O/c1-15-9-12-5-8-17-14(18(2)13(12)10-19)11-3-6-16-7-4-11/h3-4,6-8,10,14-15H,5,9H2,1-2H3. The SMILES string of the molecule is CNCC1=C(C=O)N(C)C(c2ccncc2)N=CC1. The van der Waals surface area contributed by atoms with Gasteiger partial charge in [0.25, 0.3) is 0 Å². The van der Waals surface area contributed by atoms with Crippen LogP contribution >= 0.6 is 0 Å². The van der Waals surface area contributed by atoms with Crippen LogP contribution < -0.4 is 5.32 Å². The maximum atomic E-state index is 11.4. The molecule has 0 spiro atoms. The summed E-state index contributed by atoms with van der Waals surface area (Å²) in [6.07, 6.45) is 6.80. The summed E-state index contributed by atoms with van der Waals surface area (Å²) in [6.45, 7) is 0.688. The van der Waals surface area contributed by atoms with Gasteiger partial charge in [-0.05, 0) is 30.3 Å². The zero-order valence-electron chi connectivity index (χ0n) is 11.2. The highest BCUT2D eigenvalue weighted by atomic mass is 16.1. The van der Waals surface area contributed by atoms with Crippen LogP contribution in [0.15, 0.2) is 40.8 Å². The smallest absolute Gasteiger partial charge is 0.166 e. The van der Waals surface area contributed by atoms with Gasteiger partial charge in [0.1, 0.15) is 6.17 Å². The summed E-state index contributed by atoms with van der Waals surface area (Å²) in [5.74, 6) is 0. The number of rotatable bonds is 4. The number of nitrogens with one attached hydrogen (secondary N) is 1. The van der Waals surface area contributed by atoms with Crippen molar-refractivity contribution in [1.29, 1.82) is 0 Å². The lowest BCUT2D eigenvalue weighted by molar-refractivity contribution is -0.106. The predicted molar refractivity (Wildman–Crippen MR) is 74.9 cm³/mol. The van der Waals surface area contributed by atoms with Crippen LogP contribution in [0, 0.1) is 0 Å². The minimum absolute atomic E-state index is 0.169. The summed E-state index contributed by atoms with van der Waals surface area (Å²) in [6, 6.07) is 3.84. The monoisotopic (exact) mass is 258 g/mol. The lowest BCUT2D eigenvalue weighted by Crippen LogP contribution is -2.25. The first-order valence-electron chi connectivity index (χ1n) is 6.24. The Bertz CT molecular complexity index is 495. The molecule has 0 aliphatic carbocycles. The molecule has 2 heterocycles. The van der Waals surface area contributed by atoms with Crippen LogP contribution in [0.5, 0.6) is 0 Å². The molecule has 19 heavy (non-hydrogen) atoms. The molecular weight excluding hydrogens is 240 g/mol. The zero-order valence-corrected chi connectivity index (χ0v) is 11.2. The number of allylic oxidation sites excluding steroid dienone is 1. The van der Waals surface area contributed by atoms with Gasteiger partial charge in [-0.1, -0.05) is 0 Å². The first kappa shape index (κ1) is 13.4. The number of aliphatic imine (C=N–C) groups is 1. The summed E-state index contributed by atoms with van der Waals surface area (Å²) in [7, 11) is 3.77. The van der Waals surface area contributed by atoms with Gasteiger partial charge in [-0.25, -0.2) is 0 Å². The van der Waals surface area contributed by atoms with Crippen LogP contribution in [-0.4, -0.2) is 43.0 Å². The molecular formula is C14H18N4O. The average Bonchev–Trinajstić information content (AvgIpc) is 2.59. The molecule has 1 aliphatic heterocycles. The van der Waals surface area contributed by atoms with Crippen molar-refractivity contribution in [2.45, 2.75) is 12.6 Å². The Balaban J connectivity index is 2.37. The van der Waals surface area contributed by atoms with Crippen LogP contribution in [0.2, 0.25) is 0 Å². The van der Waals surface area contributed by atoms with Crippen molar-refractivity contribution in [2.75, 3.05) is 20.6 Å². The van der Waals surface area contributed by atoms with E-state index in [0.717, 1.165) is 17.4 Å². The Labute approximate surface area is 113 Å². The quantitative estimate of drug-likeness (QED) is 0.823. The lowest BCUT2D eigenvalue weighted by Gasteiger charge is -2.27. The molecule has 1 aliphatic rings. The van der Waals surface area contributed by atoms with E-state index >= 15 is 0 Å². The van der Waals surface area contributed by atoms with Crippen LogP contribution in [-0.2, 0) is 4.79 Å². The highest BCUT2D eigenvalue weighted by Gasteiger charge is 2.22. The number of hydrogen-bond acceptors (Lipinski definition) is 5. The van der Waals surface area contributed by atoms with E-state index in [-0.39, 0.29) is 6.17 Å². The Hall–Kier alpha value is -2.01. The number of carbonyl (C=O) groups excluding carboxylic acids is 1. The molecule has 0 fully saturated rings. The molecule has 5 nitrogen and oxygen atoms in total. The molecule has 1 atom stereocenters. The van der Waals surface area contributed by atoms with E-state index in [1.807, 2.05) is 37.3 Å². The molecule has 0 saturated heterocycles. The number of carbonyl (C=O) groups is 1. The molecule has 1 aromatic heterocycles. The first-order valence-corrected chi connectivity index (χ1v) is 6.24. The Kier molecular flexibility index (Phi) is 4.41. The molecule has 0 radical (unpaired) electrons. The summed E-state index contributed by atoms with van der Waals surface area (Å²) in [5.41, 5.74) is 2.78. The second-order valence-electron chi connectivity index (χ2n) is 4.44. The summed E-state index contributed by atoms with van der Waals surface area (Å²) in [4.78, 5) is 21.9. The van der Waals surface area contributed by atoms with Gasteiger partial charge in [-0.15, -0.1) is 0 Å². The first-order chi connectivity index (χ1) is 9.27. The number of aromatic nitrogens is 1. The van der Waals surface area contributed by atoms with Crippen LogP contribution in [0.25, 0.3) is 0 Å². The highest BCUT2D eigenvalue weighted by Crippen LogP contribution is 2.27. The molecule has 5 heteroatoms. The third kappa shape index (κ3) is 2.88. The van der Waals surface area contributed by atoms with Crippen molar-refractivity contribution in [3.05, 3.63) is 41.4 Å². The number of hydrogen-bond donors (Lipinski definition) is 1. The Morgan fingerprint density at radius 3 is 2.84 bits per heavy atom. The molecule has 1 N–H and O–H groups in total. The molecule has 0 saturated carbocycles. The van der Waals surface area contributed by atoms with E-state index in [4.69, 9.17) is 0 Å². The Morgan fingerprint density at radius 2 is 2.21 bits per heavy atom. The Morgan fingerprint density at radius 1 is 1.47 bits per heavy atom. The third-order valence-electron chi connectivity index (χ3n) is 3.20. The average molecular weight is 258 g/mol. The number of nitrogens with zero attached hydrogens (tertiary/aromatic N) is 3. The fourth-order valence-electron chi connectivity index (χ4n) is 2.24. The zero-order chi connectivity index (χ0) is 13.7. The van der Waals surface area contributed by atoms with Crippen molar-refractivity contribution >= 4 is 12.5 Å². The molecule has 100 valence electrons. The largest absolute Gasteiger partial charge is 0.346 e. The maximum absolute atomic E-state index is 11.4. The minimum Gasteiger partial charge on any atom is -0.346 e. The second kappa shape index (κ2) is 6.24. The molecule has 2 rings (SSSR count). The van der Waals surface area contributed by atoms with E-state index in [1.54, 1.807) is 12.4 Å². The number of aldehydes is 1. The molecule has 0 aromatic carbocycles. The fourth-order valence-corrected chi connectivity index (χ4v) is 2.24. The lowest BCUT2D eigenvalue weighted by atomic mass is 10.1. The van der Waals surface area contributed by atoms with E-state index in [1.165, 1.54) is 0 Å². The second-order valence-corrected chi connectivity index (χ2v) is 4.44. The number of likely N-dealkylation sites (N-methyl/N-ethyl adjacent to an activating group) is 2. The van der Waals surface area contributed by atoms with E-state index in [0.29, 0.717) is 18.7 Å². The van der Waals surface area contributed by atoms with E-state index in [9.17, 15) is 4.79 Å². The van der Waals surface area contributed by atoms with Gasteiger partial charge in [-0.2, -0.15) is 0 Å². The molecule has 0 amide bonds. The minimum atomic E-state index is -0.169. The van der Waals surface area contributed by atoms with Crippen molar-refractivity contribution in [1.82, 2.24) is 15.2 Å². The van der Waals surface area contributed by atoms with Gasteiger partial charge in [0.15, 0.2) is 6.29 Å². The van der Waals surface area contributed by atoms with Gasteiger partial charge in [-0.3, -0.25) is 14.8 Å². The van der Waals surface area contributed by atoms with Gasteiger partial charge >= 0.3 is 0 Å². The van der Waals surface area contributed by atoms with Gasteiger partial charge in [0, 0.05) is 38.6 Å². The van der Waals surface area contributed by atoms with Gasteiger partial charge in [0.2, 0.25) is 0 Å². The number of pyridine rings is 1. The maximum Gasteiger partial charge on any atom is 0.166 e. The van der Waals surface area contributed by atoms with Gasteiger partial charge < -0.3 is 10.2 Å². The van der Waals surface area contributed by atoms with Crippen molar-refractivity contribution in [3.8, 4) is 0 Å². The summed E-state index contributed by atoms with van der Waals surface area (Å²) in [5, 5.41) is 3.09. The van der Waals surface area contributed by atoms with Crippen LogP contribution in [0.3, 0.4) is 0 Å². The highest BCUT2D eigenvalue weighted by molar-refractivity contribution is 5.77. The van der Waals surface area contributed by atoms with E-state index < -0.39 is 0 Å². The van der Waals surface area contributed by atoms with Crippen molar-refractivity contribution in [2.24, 2.45) is 4.99 Å². The van der Waals surface area contributed by atoms with Crippen molar-refractivity contribution in [3.63, 3.8) is 0 Å². The third-order valence-corrected chi connectivity index (χ3v) is 3.20. The van der Waals surface area contributed by atoms with E-state index in [2.05, 4.69) is 15.3 Å². The normalized spacial score (nSPS) is 19.5. The molecule has 0 bridgehead atoms. The topological polar surface area (TPSA) is 57.6 Å². The summed E-state index contributed by atoms with van der Waals surface area (Å²) >= 11 is 0. The molecule has 1 unspecified atom stereocenters. The molecule has 1 aromatic rings. The fraction of sp³-hybridized carbons (Fsp3) is 0.357. The van der Waals surface area contributed by atoms with Crippen LogP contribution in [0.4, 0.5) is 0 Å².